The second kappa shape index (κ2) is 5.95. The number of aryl methyl sites for hydroxylation is 1. The Morgan fingerprint density at radius 1 is 1.42 bits per heavy atom. The summed E-state index contributed by atoms with van der Waals surface area (Å²) in [6.45, 7) is 4.80. The first kappa shape index (κ1) is 13.7. The van der Waals surface area contributed by atoms with E-state index in [1.807, 2.05) is 11.4 Å². The van der Waals surface area contributed by atoms with Crippen LogP contribution in [0.4, 0.5) is 5.00 Å². The summed E-state index contributed by atoms with van der Waals surface area (Å²) >= 11 is 1.17. The van der Waals surface area contributed by atoms with E-state index in [2.05, 4.69) is 37.4 Å². The lowest BCUT2D eigenvalue weighted by molar-refractivity contribution is -0.380. The number of benzene rings is 1. The van der Waals surface area contributed by atoms with Gasteiger partial charge < -0.3 is 5.32 Å². The molecular weight excluding hydrogens is 260 g/mol. The van der Waals surface area contributed by atoms with Gasteiger partial charge in [0.05, 0.1) is 4.92 Å². The van der Waals surface area contributed by atoms with Crippen LogP contribution in [0.25, 0.3) is 0 Å². The molecule has 0 spiro atoms. The molecule has 0 fully saturated rings. The van der Waals surface area contributed by atoms with E-state index >= 15 is 0 Å². The summed E-state index contributed by atoms with van der Waals surface area (Å²) in [5.74, 6) is 0. The van der Waals surface area contributed by atoms with E-state index in [0.29, 0.717) is 6.54 Å². The van der Waals surface area contributed by atoms with Gasteiger partial charge in [0.1, 0.15) is 0 Å². The van der Waals surface area contributed by atoms with Gasteiger partial charge in [-0.2, -0.15) is 0 Å². The highest BCUT2D eigenvalue weighted by atomic mass is 32.1. The molecule has 2 rings (SSSR count). The maximum absolute atomic E-state index is 10.6. The number of nitro groups is 1. The normalized spacial score (nSPS) is 12.3. The molecule has 100 valence electrons. The second-order valence-electron chi connectivity index (χ2n) is 4.57. The van der Waals surface area contributed by atoms with Crippen molar-refractivity contribution in [3.05, 3.63) is 62.5 Å². The highest BCUT2D eigenvalue weighted by Gasteiger charge is 2.10. The van der Waals surface area contributed by atoms with Crippen molar-refractivity contribution in [2.45, 2.75) is 26.4 Å². The topological polar surface area (TPSA) is 55.2 Å². The van der Waals surface area contributed by atoms with Gasteiger partial charge in [-0.1, -0.05) is 41.2 Å². The maximum Gasteiger partial charge on any atom is 0.324 e. The van der Waals surface area contributed by atoms with Gasteiger partial charge in [0.25, 0.3) is 0 Å². The molecule has 0 radical (unpaired) electrons. The molecule has 0 saturated carbocycles. The highest BCUT2D eigenvalue weighted by Crippen LogP contribution is 2.23. The Morgan fingerprint density at radius 2 is 2.21 bits per heavy atom. The maximum atomic E-state index is 10.6. The molecule has 0 amide bonds. The summed E-state index contributed by atoms with van der Waals surface area (Å²) in [6, 6.07) is 10.2. The van der Waals surface area contributed by atoms with Crippen LogP contribution in [0, 0.1) is 17.0 Å². The summed E-state index contributed by atoms with van der Waals surface area (Å²) < 4.78 is 0. The number of thiophene rings is 1. The molecule has 2 aromatic rings. The van der Waals surface area contributed by atoms with E-state index in [1.165, 1.54) is 22.5 Å². The molecule has 1 N–H and O–H groups in total. The lowest BCUT2D eigenvalue weighted by atomic mass is 10.1. The van der Waals surface area contributed by atoms with Crippen molar-refractivity contribution < 1.29 is 4.92 Å². The van der Waals surface area contributed by atoms with Gasteiger partial charge in [0, 0.05) is 24.0 Å². The van der Waals surface area contributed by atoms with E-state index in [4.69, 9.17) is 0 Å². The third-order valence-corrected chi connectivity index (χ3v) is 3.90. The van der Waals surface area contributed by atoms with Crippen LogP contribution in [0.3, 0.4) is 0 Å². The van der Waals surface area contributed by atoms with Crippen LogP contribution < -0.4 is 5.32 Å². The number of nitrogens with one attached hydrogen (secondary N) is 1. The van der Waals surface area contributed by atoms with Crippen LogP contribution in [-0.2, 0) is 6.54 Å². The zero-order valence-corrected chi connectivity index (χ0v) is 11.7. The first-order valence-electron chi connectivity index (χ1n) is 6.08. The van der Waals surface area contributed by atoms with Crippen LogP contribution in [0.2, 0.25) is 0 Å². The first-order chi connectivity index (χ1) is 9.06. The molecule has 1 heterocycles. The van der Waals surface area contributed by atoms with Gasteiger partial charge in [-0.3, -0.25) is 10.1 Å². The van der Waals surface area contributed by atoms with Crippen molar-refractivity contribution in [2.75, 3.05) is 0 Å². The van der Waals surface area contributed by atoms with Gasteiger partial charge in [0.15, 0.2) is 0 Å². The Bertz CT molecular complexity index is 580. The van der Waals surface area contributed by atoms with Crippen molar-refractivity contribution in [3.8, 4) is 0 Å². The van der Waals surface area contributed by atoms with Crippen LogP contribution >= 0.6 is 11.3 Å². The summed E-state index contributed by atoms with van der Waals surface area (Å²) in [5.41, 5.74) is 3.42. The van der Waals surface area contributed by atoms with E-state index in [0.717, 1.165) is 5.56 Å². The molecule has 0 bridgehead atoms. The van der Waals surface area contributed by atoms with E-state index in [9.17, 15) is 10.1 Å². The second-order valence-corrected chi connectivity index (χ2v) is 5.46. The molecule has 5 heteroatoms. The molecule has 0 aliphatic carbocycles. The van der Waals surface area contributed by atoms with Gasteiger partial charge in [-0.15, -0.1) is 0 Å². The number of hydrogen-bond acceptors (Lipinski definition) is 4. The SMILES string of the molecule is Cc1cccc([C@H](C)NCc2csc([N+](=O)[O-])c2)c1. The average molecular weight is 276 g/mol. The minimum Gasteiger partial charge on any atom is -0.306 e. The summed E-state index contributed by atoms with van der Waals surface area (Å²) in [6.07, 6.45) is 0. The molecule has 0 unspecified atom stereocenters. The quantitative estimate of drug-likeness (QED) is 0.667. The predicted molar refractivity (Wildman–Crippen MR) is 77.4 cm³/mol. The zero-order valence-electron chi connectivity index (χ0n) is 10.9. The third kappa shape index (κ3) is 3.62. The fourth-order valence-electron chi connectivity index (χ4n) is 1.88. The zero-order chi connectivity index (χ0) is 13.8. The lowest BCUT2D eigenvalue weighted by Gasteiger charge is -2.14. The fraction of sp³-hybridized carbons (Fsp3) is 0.286. The number of nitrogens with zero attached hydrogens (tertiary/aromatic N) is 1. The van der Waals surface area contributed by atoms with Crippen LogP contribution in [0.5, 0.6) is 0 Å². The molecule has 1 atom stereocenters. The number of hydrogen-bond donors (Lipinski definition) is 1. The monoisotopic (exact) mass is 276 g/mol. The van der Waals surface area contributed by atoms with Crippen molar-refractivity contribution in [1.29, 1.82) is 0 Å². The molecule has 1 aromatic carbocycles. The summed E-state index contributed by atoms with van der Waals surface area (Å²) in [5, 5.41) is 16.0. The molecule has 4 nitrogen and oxygen atoms in total. The Morgan fingerprint density at radius 3 is 2.84 bits per heavy atom. The van der Waals surface area contributed by atoms with Crippen molar-refractivity contribution in [3.63, 3.8) is 0 Å². The average Bonchev–Trinajstić information content (AvgIpc) is 2.85. The van der Waals surface area contributed by atoms with Gasteiger partial charge in [0.2, 0.25) is 0 Å². The van der Waals surface area contributed by atoms with Crippen molar-refractivity contribution in [1.82, 2.24) is 5.32 Å². The van der Waals surface area contributed by atoms with Crippen LogP contribution in [0.1, 0.15) is 29.7 Å². The molecule has 0 aliphatic rings. The van der Waals surface area contributed by atoms with Crippen LogP contribution in [-0.4, -0.2) is 4.92 Å². The molecule has 0 saturated heterocycles. The molecular formula is C14H16N2O2S. The van der Waals surface area contributed by atoms with Gasteiger partial charge in [-0.25, -0.2) is 0 Å². The van der Waals surface area contributed by atoms with E-state index in [1.54, 1.807) is 6.07 Å². The Labute approximate surface area is 116 Å². The summed E-state index contributed by atoms with van der Waals surface area (Å²) in [7, 11) is 0. The predicted octanol–water partition coefficient (Wildman–Crippen LogP) is 3.82. The van der Waals surface area contributed by atoms with Gasteiger partial charge >= 0.3 is 5.00 Å². The Hall–Kier alpha value is -1.72. The molecule has 19 heavy (non-hydrogen) atoms. The number of rotatable bonds is 5. The third-order valence-electron chi connectivity index (χ3n) is 2.97. The summed E-state index contributed by atoms with van der Waals surface area (Å²) in [4.78, 5) is 10.3. The Balaban J connectivity index is 1.96. The fourth-order valence-corrected chi connectivity index (χ4v) is 2.61. The standard InChI is InChI=1S/C14H16N2O2S/c1-10-4-3-5-13(6-10)11(2)15-8-12-7-14(16(17)18)19-9-12/h3-7,9,11,15H,8H2,1-2H3/t11-/m0/s1. The smallest absolute Gasteiger partial charge is 0.306 e. The lowest BCUT2D eigenvalue weighted by Crippen LogP contribution is -2.17. The minimum absolute atomic E-state index is 0.194. The highest BCUT2D eigenvalue weighted by molar-refractivity contribution is 7.13. The van der Waals surface area contributed by atoms with Crippen molar-refractivity contribution in [2.24, 2.45) is 0 Å². The Kier molecular flexibility index (Phi) is 4.29. The molecule has 1 aromatic heterocycles. The first-order valence-corrected chi connectivity index (χ1v) is 6.96. The van der Waals surface area contributed by atoms with E-state index < -0.39 is 0 Å². The van der Waals surface area contributed by atoms with Gasteiger partial charge in [-0.05, 0) is 25.0 Å². The minimum atomic E-state index is -0.349. The molecule has 0 aliphatic heterocycles. The van der Waals surface area contributed by atoms with E-state index in [-0.39, 0.29) is 16.0 Å². The van der Waals surface area contributed by atoms with Crippen LogP contribution in [0.15, 0.2) is 35.7 Å². The van der Waals surface area contributed by atoms with Crippen molar-refractivity contribution >= 4 is 16.3 Å². The largest absolute Gasteiger partial charge is 0.324 e.